The van der Waals surface area contributed by atoms with Crippen molar-refractivity contribution < 1.29 is 18.0 Å². The van der Waals surface area contributed by atoms with Crippen LogP contribution in [0.25, 0.3) is 16.9 Å². The van der Waals surface area contributed by atoms with Gasteiger partial charge in [-0.2, -0.15) is 13.2 Å². The van der Waals surface area contributed by atoms with E-state index in [4.69, 9.17) is 11.6 Å². The Balaban J connectivity index is 0.00000380. The molecule has 0 aliphatic heterocycles. The van der Waals surface area contributed by atoms with Crippen LogP contribution in [-0.4, -0.2) is 35.5 Å². The largest absolute Gasteiger partial charge is 0.418 e. The summed E-state index contributed by atoms with van der Waals surface area (Å²) in [5, 5.41) is 3.42. The Morgan fingerprint density at radius 3 is 2.24 bits per heavy atom. The van der Waals surface area contributed by atoms with E-state index < -0.39 is 11.7 Å². The molecule has 0 radical (unpaired) electrons. The highest BCUT2D eigenvalue weighted by Crippen LogP contribution is 2.37. The van der Waals surface area contributed by atoms with Gasteiger partial charge in [-0.3, -0.25) is 9.69 Å². The number of amides is 1. The lowest BCUT2D eigenvalue weighted by molar-refractivity contribution is -0.137. The van der Waals surface area contributed by atoms with Crippen molar-refractivity contribution in [3.8, 4) is 16.9 Å². The van der Waals surface area contributed by atoms with Gasteiger partial charge in [0.1, 0.15) is 0 Å². The van der Waals surface area contributed by atoms with Crippen LogP contribution in [0.2, 0.25) is 5.02 Å². The van der Waals surface area contributed by atoms with Crippen LogP contribution in [0.3, 0.4) is 0 Å². The molecule has 1 amide bonds. The number of benzene rings is 3. The maximum atomic E-state index is 13.9. The van der Waals surface area contributed by atoms with Gasteiger partial charge in [-0.25, -0.2) is 0 Å². The first-order valence-electron chi connectivity index (χ1n) is 11.4. The lowest BCUT2D eigenvalue weighted by Gasteiger charge is -2.22. The zero-order valence-corrected chi connectivity index (χ0v) is 21.6. The molecule has 0 aliphatic carbocycles. The minimum Gasteiger partial charge on any atom is -0.351 e. The molecule has 4 rings (SSSR count). The molecule has 0 aliphatic rings. The Labute approximate surface area is 225 Å². The van der Waals surface area contributed by atoms with E-state index in [1.165, 1.54) is 12.1 Å². The first-order chi connectivity index (χ1) is 17.2. The molecule has 0 unspecified atom stereocenters. The summed E-state index contributed by atoms with van der Waals surface area (Å²) >= 11 is 6.03. The minimum atomic E-state index is -4.51. The van der Waals surface area contributed by atoms with Crippen molar-refractivity contribution in [3.63, 3.8) is 0 Å². The second-order valence-electron chi connectivity index (χ2n) is 8.43. The molecule has 37 heavy (non-hydrogen) atoms. The number of nitrogens with one attached hydrogen (secondary N) is 1. The van der Waals surface area contributed by atoms with Gasteiger partial charge in [-0.05, 0) is 61.1 Å². The molecule has 0 saturated carbocycles. The van der Waals surface area contributed by atoms with Gasteiger partial charge >= 0.3 is 6.18 Å². The third-order valence-electron chi connectivity index (χ3n) is 5.80. The summed E-state index contributed by atoms with van der Waals surface area (Å²) in [6.07, 6.45) is -4.51. The molecular formula is C28H26Cl2F3N3O. The van der Waals surface area contributed by atoms with Crippen molar-refractivity contribution in [2.45, 2.75) is 12.7 Å². The topological polar surface area (TPSA) is 37.3 Å². The summed E-state index contributed by atoms with van der Waals surface area (Å²) in [5.41, 5.74) is 1.99. The lowest BCUT2D eigenvalue weighted by Crippen LogP contribution is -2.33. The molecule has 4 nitrogen and oxygen atoms in total. The first-order valence-corrected chi connectivity index (χ1v) is 11.8. The number of carbonyl (C=O) groups is 1. The van der Waals surface area contributed by atoms with Gasteiger partial charge in [-0.15, -0.1) is 12.4 Å². The minimum absolute atomic E-state index is 0. The van der Waals surface area contributed by atoms with Gasteiger partial charge < -0.3 is 9.88 Å². The van der Waals surface area contributed by atoms with Gasteiger partial charge in [0, 0.05) is 35.9 Å². The number of likely N-dealkylation sites (N-methyl/N-ethyl adjacent to an activating group) is 1. The summed E-state index contributed by atoms with van der Waals surface area (Å²) < 4.78 is 43.4. The number of nitrogens with zero attached hydrogens (tertiary/aromatic N) is 2. The average Bonchev–Trinajstić information content (AvgIpc) is 3.27. The average molecular weight is 548 g/mol. The Hall–Kier alpha value is -3.26. The molecule has 3 aromatic carbocycles. The summed E-state index contributed by atoms with van der Waals surface area (Å²) in [6.45, 7) is 1.29. The van der Waals surface area contributed by atoms with Crippen molar-refractivity contribution in [3.05, 3.63) is 113 Å². The van der Waals surface area contributed by atoms with E-state index in [-0.39, 0.29) is 24.0 Å². The van der Waals surface area contributed by atoms with Gasteiger partial charge in [-0.1, -0.05) is 54.1 Å². The van der Waals surface area contributed by atoms with Crippen LogP contribution in [0.4, 0.5) is 13.2 Å². The molecule has 0 fully saturated rings. The fraction of sp³-hybridized carbons (Fsp3) is 0.179. The molecule has 0 bridgehead atoms. The number of carbonyl (C=O) groups excluding carboxylic acids is 1. The summed E-state index contributed by atoms with van der Waals surface area (Å²) in [7, 11) is 1.86. The van der Waals surface area contributed by atoms with Crippen LogP contribution >= 0.6 is 24.0 Å². The highest BCUT2D eigenvalue weighted by Gasteiger charge is 2.34. The van der Waals surface area contributed by atoms with Crippen molar-refractivity contribution >= 4 is 29.9 Å². The lowest BCUT2D eigenvalue weighted by atomic mass is 10.1. The number of alkyl halides is 3. The predicted octanol–water partition coefficient (Wildman–Crippen LogP) is 7.10. The Kier molecular flexibility index (Phi) is 9.43. The molecule has 4 aromatic rings. The van der Waals surface area contributed by atoms with E-state index in [0.717, 1.165) is 11.6 Å². The summed E-state index contributed by atoms with van der Waals surface area (Å²) in [5.74, 6) is -0.170. The van der Waals surface area contributed by atoms with Crippen LogP contribution < -0.4 is 5.32 Å². The molecule has 1 aromatic heterocycles. The summed E-state index contributed by atoms with van der Waals surface area (Å²) in [6, 6.07) is 25.1. The number of aromatic nitrogens is 1. The van der Waals surface area contributed by atoms with E-state index in [1.807, 2.05) is 30.1 Å². The Bertz CT molecular complexity index is 1320. The highest BCUT2D eigenvalue weighted by molar-refractivity contribution is 6.30. The van der Waals surface area contributed by atoms with Gasteiger partial charge in [0.15, 0.2) is 0 Å². The van der Waals surface area contributed by atoms with E-state index in [2.05, 4.69) is 5.32 Å². The molecule has 194 valence electrons. The van der Waals surface area contributed by atoms with E-state index in [0.29, 0.717) is 41.6 Å². The van der Waals surface area contributed by atoms with E-state index in [1.54, 1.807) is 59.2 Å². The maximum absolute atomic E-state index is 13.9. The van der Waals surface area contributed by atoms with E-state index >= 15 is 0 Å². The molecule has 9 heteroatoms. The fourth-order valence-corrected chi connectivity index (χ4v) is 4.17. The summed E-state index contributed by atoms with van der Waals surface area (Å²) in [4.78, 5) is 14.2. The molecule has 0 saturated heterocycles. The van der Waals surface area contributed by atoms with Crippen molar-refractivity contribution in [2.24, 2.45) is 0 Å². The van der Waals surface area contributed by atoms with Crippen LogP contribution in [-0.2, 0) is 12.7 Å². The first kappa shape index (κ1) is 28.3. The Morgan fingerprint density at radius 2 is 1.57 bits per heavy atom. The zero-order chi connectivity index (χ0) is 25.7. The van der Waals surface area contributed by atoms with Crippen LogP contribution in [0.1, 0.15) is 21.6 Å². The second kappa shape index (κ2) is 12.3. The zero-order valence-electron chi connectivity index (χ0n) is 20.0. The molecule has 0 atom stereocenters. The van der Waals surface area contributed by atoms with Crippen LogP contribution in [0.15, 0.2) is 91.0 Å². The molecule has 1 N–H and O–H groups in total. The number of para-hydroxylation sites is 1. The smallest absolute Gasteiger partial charge is 0.351 e. The molecular weight excluding hydrogens is 522 g/mol. The van der Waals surface area contributed by atoms with Gasteiger partial charge in [0.2, 0.25) is 0 Å². The fourth-order valence-electron chi connectivity index (χ4n) is 4.05. The van der Waals surface area contributed by atoms with Crippen molar-refractivity contribution in [1.82, 2.24) is 14.8 Å². The number of rotatable bonds is 8. The quantitative estimate of drug-likeness (QED) is 0.255. The SMILES string of the molecule is CN(CCNC(=O)c1ccccc1)Cc1ccc(-c2ccc(Cl)cc2)n1-c1ccccc1C(F)(F)F.Cl. The number of hydrogen-bond donors (Lipinski definition) is 1. The van der Waals surface area contributed by atoms with Gasteiger partial charge in [0.05, 0.1) is 16.9 Å². The molecule has 1 heterocycles. The Morgan fingerprint density at radius 1 is 0.919 bits per heavy atom. The third kappa shape index (κ3) is 6.95. The standard InChI is InChI=1S/C28H25ClF3N3O.ClH/c1-34(18-17-33-27(36)21-7-3-2-4-8-21)19-23-15-16-25(20-11-13-22(29)14-12-20)35(23)26-10-6-5-9-24(26)28(30,31)32;/h2-16H,17-19H2,1H3,(H,33,36);1H. The number of hydrogen-bond acceptors (Lipinski definition) is 2. The third-order valence-corrected chi connectivity index (χ3v) is 6.05. The van der Waals surface area contributed by atoms with Crippen LogP contribution in [0, 0.1) is 0 Å². The number of halogens is 5. The molecule has 0 spiro atoms. The monoisotopic (exact) mass is 547 g/mol. The second-order valence-corrected chi connectivity index (χ2v) is 8.86. The predicted molar refractivity (Wildman–Crippen MR) is 144 cm³/mol. The van der Waals surface area contributed by atoms with Crippen molar-refractivity contribution in [1.29, 1.82) is 0 Å². The van der Waals surface area contributed by atoms with Crippen LogP contribution in [0.5, 0.6) is 0 Å². The van der Waals surface area contributed by atoms with Crippen molar-refractivity contribution in [2.75, 3.05) is 20.1 Å². The maximum Gasteiger partial charge on any atom is 0.418 e. The highest BCUT2D eigenvalue weighted by atomic mass is 35.5. The van der Waals surface area contributed by atoms with E-state index in [9.17, 15) is 18.0 Å². The van der Waals surface area contributed by atoms with Gasteiger partial charge in [0.25, 0.3) is 5.91 Å². The normalized spacial score (nSPS) is 11.3.